The van der Waals surface area contributed by atoms with Crippen molar-refractivity contribution in [2.24, 2.45) is 0 Å². The maximum atomic E-state index is 13.8. The molecular weight excluding hydrogens is 728 g/mol. The molecule has 0 saturated heterocycles. The maximum Gasteiger partial charge on any atom is 0.272 e. The zero-order valence-corrected chi connectivity index (χ0v) is 30.9. The summed E-state index contributed by atoms with van der Waals surface area (Å²) in [6.07, 6.45) is 1.56. The van der Waals surface area contributed by atoms with Gasteiger partial charge in [0.05, 0.1) is 19.9 Å². The predicted octanol–water partition coefficient (Wildman–Crippen LogP) is 9.36. The number of amides is 3. The Labute approximate surface area is 320 Å². The van der Waals surface area contributed by atoms with Crippen molar-refractivity contribution in [3.05, 3.63) is 160 Å². The lowest BCUT2D eigenvalue weighted by Gasteiger charge is -2.17. The molecule has 0 aliphatic carbocycles. The van der Waals surface area contributed by atoms with Gasteiger partial charge in [0.1, 0.15) is 10.9 Å². The van der Waals surface area contributed by atoms with E-state index in [2.05, 4.69) is 20.9 Å². The van der Waals surface area contributed by atoms with Gasteiger partial charge in [0.2, 0.25) is 5.91 Å². The molecule has 1 atom stereocenters. The van der Waals surface area contributed by atoms with E-state index in [1.54, 1.807) is 87.0 Å². The minimum absolute atomic E-state index is 0.0388. The van der Waals surface area contributed by atoms with E-state index in [4.69, 9.17) is 21.1 Å². The fraction of sp³-hybridized carbons (Fsp3) is 0.0732. The van der Waals surface area contributed by atoms with E-state index in [1.807, 2.05) is 66.0 Å². The van der Waals surface area contributed by atoms with Gasteiger partial charge >= 0.3 is 0 Å². The molecule has 5 aromatic carbocycles. The van der Waals surface area contributed by atoms with Gasteiger partial charge in [0.15, 0.2) is 16.6 Å². The highest BCUT2D eigenvalue weighted by Crippen LogP contribution is 2.38. The number of hydrogen-bond acceptors (Lipinski definition) is 8. The van der Waals surface area contributed by atoms with Crippen LogP contribution in [0.25, 0.3) is 17.3 Å². The number of ether oxygens (including phenoxy) is 2. The molecule has 266 valence electrons. The Morgan fingerprint density at radius 2 is 1.51 bits per heavy atom. The molecular formula is C41H33ClN4O5S2. The number of carbonyl (C=O) groups excluding carboxylic acids is 3. The summed E-state index contributed by atoms with van der Waals surface area (Å²) in [5, 5.41) is 10.8. The van der Waals surface area contributed by atoms with Gasteiger partial charge in [-0.15, -0.1) is 23.1 Å². The van der Waals surface area contributed by atoms with E-state index in [0.29, 0.717) is 44.2 Å². The molecule has 1 unspecified atom stereocenters. The first-order chi connectivity index (χ1) is 25.8. The zero-order valence-electron chi connectivity index (χ0n) is 28.5. The highest BCUT2D eigenvalue weighted by Gasteiger charge is 2.24. The molecule has 3 N–H and O–H groups in total. The molecule has 1 aromatic heterocycles. The smallest absolute Gasteiger partial charge is 0.272 e. The van der Waals surface area contributed by atoms with Crippen LogP contribution in [0.2, 0.25) is 5.02 Å². The number of aromatic nitrogens is 1. The summed E-state index contributed by atoms with van der Waals surface area (Å²) in [6.45, 7) is 0. The number of methoxy groups -OCH3 is 2. The monoisotopic (exact) mass is 760 g/mol. The van der Waals surface area contributed by atoms with Crippen LogP contribution in [0.4, 0.5) is 10.8 Å². The number of anilines is 2. The summed E-state index contributed by atoms with van der Waals surface area (Å²) < 4.78 is 10.8. The summed E-state index contributed by atoms with van der Waals surface area (Å²) in [5.74, 6) is 0.00431. The summed E-state index contributed by atoms with van der Waals surface area (Å²) in [4.78, 5) is 45.8. The maximum absolute atomic E-state index is 13.8. The SMILES string of the molecule is COc1ccc(-c2csc(NC(=O)C(Sc3ccc(NC(=O)/C(=C/c4cccc(Cl)c4)NC(=O)c4ccccc4)cc3)c3ccccc3)n2)cc1OC. The van der Waals surface area contributed by atoms with Gasteiger partial charge in [-0.3, -0.25) is 14.4 Å². The molecule has 0 saturated carbocycles. The van der Waals surface area contributed by atoms with Crippen molar-refractivity contribution in [3.63, 3.8) is 0 Å². The topological polar surface area (TPSA) is 119 Å². The van der Waals surface area contributed by atoms with Gasteiger partial charge in [0, 0.05) is 32.1 Å². The van der Waals surface area contributed by atoms with Crippen LogP contribution in [0.3, 0.4) is 0 Å². The zero-order chi connectivity index (χ0) is 37.2. The quantitative estimate of drug-likeness (QED) is 0.0793. The highest BCUT2D eigenvalue weighted by atomic mass is 35.5. The predicted molar refractivity (Wildman–Crippen MR) is 213 cm³/mol. The van der Waals surface area contributed by atoms with E-state index in [-0.39, 0.29) is 11.6 Å². The van der Waals surface area contributed by atoms with Crippen LogP contribution in [-0.2, 0) is 9.59 Å². The number of halogens is 1. The number of rotatable bonds is 13. The third kappa shape index (κ3) is 9.72. The van der Waals surface area contributed by atoms with Crippen LogP contribution >= 0.6 is 34.7 Å². The van der Waals surface area contributed by atoms with Gasteiger partial charge in [-0.05, 0) is 83.9 Å². The summed E-state index contributed by atoms with van der Waals surface area (Å²) >= 11 is 8.87. The normalized spacial score (nSPS) is 11.6. The first-order valence-corrected chi connectivity index (χ1v) is 18.4. The van der Waals surface area contributed by atoms with Crippen molar-refractivity contribution < 1.29 is 23.9 Å². The van der Waals surface area contributed by atoms with E-state index in [1.165, 1.54) is 23.1 Å². The van der Waals surface area contributed by atoms with Gasteiger partial charge in [-0.2, -0.15) is 0 Å². The number of nitrogens with one attached hydrogen (secondary N) is 3. The van der Waals surface area contributed by atoms with E-state index < -0.39 is 17.1 Å². The minimum Gasteiger partial charge on any atom is -0.493 e. The largest absolute Gasteiger partial charge is 0.493 e. The molecule has 0 radical (unpaired) electrons. The molecule has 53 heavy (non-hydrogen) atoms. The molecule has 0 spiro atoms. The number of hydrogen-bond donors (Lipinski definition) is 3. The number of benzene rings is 5. The molecule has 3 amide bonds. The van der Waals surface area contributed by atoms with Crippen molar-refractivity contribution in [2.75, 3.05) is 24.9 Å². The molecule has 6 aromatic rings. The van der Waals surface area contributed by atoms with Crippen molar-refractivity contribution in [2.45, 2.75) is 10.1 Å². The first-order valence-electron chi connectivity index (χ1n) is 16.2. The van der Waals surface area contributed by atoms with Gasteiger partial charge in [0.25, 0.3) is 11.8 Å². The lowest BCUT2D eigenvalue weighted by molar-refractivity contribution is -0.116. The molecule has 0 fully saturated rings. The van der Waals surface area contributed by atoms with E-state index >= 15 is 0 Å². The van der Waals surface area contributed by atoms with E-state index in [9.17, 15) is 14.4 Å². The van der Waals surface area contributed by atoms with Crippen LogP contribution in [0.1, 0.15) is 26.7 Å². The Balaban J connectivity index is 1.17. The molecule has 0 aliphatic heterocycles. The Morgan fingerprint density at radius 3 is 2.21 bits per heavy atom. The Hall–Kier alpha value is -5.88. The molecule has 0 bridgehead atoms. The van der Waals surface area contributed by atoms with Crippen molar-refractivity contribution in [3.8, 4) is 22.8 Å². The third-order valence-corrected chi connectivity index (χ3v) is 10.1. The lowest BCUT2D eigenvalue weighted by Crippen LogP contribution is -2.30. The van der Waals surface area contributed by atoms with E-state index in [0.717, 1.165) is 16.0 Å². The fourth-order valence-corrected chi connectivity index (χ4v) is 7.13. The first kappa shape index (κ1) is 36.9. The lowest BCUT2D eigenvalue weighted by atomic mass is 10.1. The Morgan fingerprint density at radius 1 is 0.792 bits per heavy atom. The standard InChI is InChI=1S/C41H33ClN4O5S2/c1-50-35-21-16-29(24-36(35)51-2)34-25-52-41(45-34)46-40(49)37(27-11-5-3-6-12-27)53-32-19-17-31(18-20-32)43-39(48)33(23-26-10-9-15-30(42)22-26)44-38(47)28-13-7-4-8-14-28/h3-25,37H,1-2H3,(H,43,48)(H,44,47)(H,45,46,49)/b33-23-. The van der Waals surface area contributed by atoms with Crippen molar-refractivity contribution in [1.29, 1.82) is 0 Å². The van der Waals surface area contributed by atoms with Crippen LogP contribution < -0.4 is 25.4 Å². The molecule has 6 rings (SSSR count). The molecule has 9 nitrogen and oxygen atoms in total. The van der Waals surface area contributed by atoms with Crippen LogP contribution in [0.15, 0.2) is 143 Å². The second-order valence-corrected chi connectivity index (χ2v) is 13.9. The molecule has 12 heteroatoms. The van der Waals surface area contributed by atoms with Crippen molar-refractivity contribution in [1.82, 2.24) is 10.3 Å². The van der Waals surface area contributed by atoms with Crippen LogP contribution in [-0.4, -0.2) is 36.9 Å². The molecule has 0 aliphatic rings. The number of thiazole rings is 1. The number of nitrogens with zero attached hydrogens (tertiary/aromatic N) is 1. The van der Waals surface area contributed by atoms with Crippen LogP contribution in [0, 0.1) is 0 Å². The average molecular weight is 761 g/mol. The summed E-state index contributed by atoms with van der Waals surface area (Å²) in [5.41, 5.74) is 3.92. The Bertz CT molecular complexity index is 2250. The minimum atomic E-state index is -0.606. The van der Waals surface area contributed by atoms with Crippen LogP contribution in [0.5, 0.6) is 11.5 Å². The fourth-order valence-electron chi connectivity index (χ4n) is 5.19. The summed E-state index contributed by atoms with van der Waals surface area (Å²) in [6, 6.07) is 37.7. The van der Waals surface area contributed by atoms with Gasteiger partial charge < -0.3 is 25.4 Å². The third-order valence-electron chi connectivity index (χ3n) is 7.81. The molecule has 1 heterocycles. The Kier molecular flexibility index (Phi) is 12.2. The van der Waals surface area contributed by atoms with Crippen molar-refractivity contribution >= 4 is 69.3 Å². The van der Waals surface area contributed by atoms with Gasteiger partial charge in [-0.1, -0.05) is 72.3 Å². The second kappa shape index (κ2) is 17.6. The summed E-state index contributed by atoms with van der Waals surface area (Å²) in [7, 11) is 3.15. The second-order valence-electron chi connectivity index (χ2n) is 11.4. The number of carbonyl (C=O) groups is 3. The average Bonchev–Trinajstić information content (AvgIpc) is 3.66. The number of thioether (sulfide) groups is 1. The van der Waals surface area contributed by atoms with Gasteiger partial charge in [-0.25, -0.2) is 4.98 Å². The highest BCUT2D eigenvalue weighted by molar-refractivity contribution is 8.00.